The van der Waals surface area contributed by atoms with Crippen molar-refractivity contribution in [2.45, 2.75) is 32.4 Å². The standard InChI is InChI=1S/C28H28N4O2/c1-2-30(20-21-12-5-3-6-13-21)28(34)25-23-16-9-10-18-31(23)26(29-25)24-17-11-19-32(24)27(33)22-14-7-4-8-15-22/h3-10,12-16,18,24H,2,11,17,19-20H2,1H3/t24-/m0/s1. The number of carbonyl (C=O) groups excluding carboxylic acids is 2. The number of likely N-dealkylation sites (tertiary alicyclic amines) is 1. The smallest absolute Gasteiger partial charge is 0.275 e. The van der Waals surface area contributed by atoms with Crippen molar-refractivity contribution in [3.05, 3.63) is 108 Å². The molecule has 1 fully saturated rings. The Kier molecular flexibility index (Phi) is 6.12. The van der Waals surface area contributed by atoms with Crippen LogP contribution in [0.1, 0.15) is 58.0 Å². The van der Waals surface area contributed by atoms with Crippen molar-refractivity contribution in [3.8, 4) is 0 Å². The molecule has 1 atom stereocenters. The highest BCUT2D eigenvalue weighted by molar-refractivity contribution is 5.99. The van der Waals surface area contributed by atoms with Gasteiger partial charge in [-0.3, -0.25) is 9.59 Å². The number of rotatable bonds is 6. The van der Waals surface area contributed by atoms with Crippen molar-refractivity contribution in [2.24, 2.45) is 0 Å². The average Bonchev–Trinajstić information content (AvgIpc) is 3.52. The summed E-state index contributed by atoms with van der Waals surface area (Å²) in [5.41, 5.74) is 2.96. The summed E-state index contributed by atoms with van der Waals surface area (Å²) in [6.07, 6.45) is 3.66. The topological polar surface area (TPSA) is 57.9 Å². The lowest BCUT2D eigenvalue weighted by Crippen LogP contribution is -2.32. The van der Waals surface area contributed by atoms with Crippen LogP contribution in [0.15, 0.2) is 85.1 Å². The van der Waals surface area contributed by atoms with E-state index in [4.69, 9.17) is 4.98 Å². The van der Waals surface area contributed by atoms with E-state index in [0.29, 0.717) is 30.9 Å². The third-order valence-corrected chi connectivity index (χ3v) is 6.50. The Hall–Kier alpha value is -3.93. The molecule has 0 aliphatic carbocycles. The molecule has 0 saturated carbocycles. The fraction of sp³-hybridized carbons (Fsp3) is 0.250. The van der Waals surface area contributed by atoms with Gasteiger partial charge in [0.25, 0.3) is 11.8 Å². The molecule has 1 aliphatic rings. The summed E-state index contributed by atoms with van der Waals surface area (Å²) < 4.78 is 1.98. The van der Waals surface area contributed by atoms with Gasteiger partial charge in [0.2, 0.25) is 0 Å². The summed E-state index contributed by atoms with van der Waals surface area (Å²) in [5, 5.41) is 0. The van der Waals surface area contributed by atoms with Gasteiger partial charge in [0.05, 0.1) is 11.6 Å². The van der Waals surface area contributed by atoms with Crippen LogP contribution in [0, 0.1) is 0 Å². The van der Waals surface area contributed by atoms with Crippen molar-refractivity contribution in [1.29, 1.82) is 0 Å². The SMILES string of the molecule is CCN(Cc1ccccc1)C(=O)c1nc([C@@H]2CCCN2C(=O)c2ccccc2)n2ccccc12. The summed E-state index contributed by atoms with van der Waals surface area (Å²) in [5.74, 6) is 0.652. The van der Waals surface area contributed by atoms with Crippen LogP contribution in [0.3, 0.4) is 0 Å². The molecule has 1 aliphatic heterocycles. The second kappa shape index (κ2) is 9.51. The van der Waals surface area contributed by atoms with Gasteiger partial charge < -0.3 is 14.2 Å². The van der Waals surface area contributed by atoms with Gasteiger partial charge in [-0.25, -0.2) is 4.98 Å². The molecule has 34 heavy (non-hydrogen) atoms. The molecule has 2 aromatic heterocycles. The van der Waals surface area contributed by atoms with Crippen molar-refractivity contribution in [2.75, 3.05) is 13.1 Å². The lowest BCUT2D eigenvalue weighted by molar-refractivity contribution is 0.0729. The molecular weight excluding hydrogens is 424 g/mol. The fourth-order valence-corrected chi connectivity index (χ4v) is 4.76. The summed E-state index contributed by atoms with van der Waals surface area (Å²) in [4.78, 5) is 35.5. The molecule has 0 N–H and O–H groups in total. The Balaban J connectivity index is 1.50. The normalized spacial score (nSPS) is 15.6. The molecule has 4 aromatic rings. The Morgan fingerprint density at radius 3 is 2.41 bits per heavy atom. The Labute approximate surface area is 199 Å². The van der Waals surface area contributed by atoms with E-state index in [1.165, 1.54) is 0 Å². The minimum atomic E-state index is -0.173. The van der Waals surface area contributed by atoms with E-state index in [2.05, 4.69) is 0 Å². The van der Waals surface area contributed by atoms with Crippen LogP contribution in [0.25, 0.3) is 5.52 Å². The molecule has 6 nitrogen and oxygen atoms in total. The van der Waals surface area contributed by atoms with Crippen LogP contribution in [0.4, 0.5) is 0 Å². The van der Waals surface area contributed by atoms with Crippen molar-refractivity contribution >= 4 is 17.3 Å². The molecule has 6 heteroatoms. The maximum absolute atomic E-state index is 13.6. The molecule has 172 valence electrons. The number of nitrogens with zero attached hydrogens (tertiary/aromatic N) is 4. The minimum absolute atomic E-state index is 0.00270. The largest absolute Gasteiger partial charge is 0.333 e. The first kappa shape index (κ1) is 21.9. The van der Waals surface area contributed by atoms with E-state index in [9.17, 15) is 9.59 Å². The average molecular weight is 453 g/mol. The summed E-state index contributed by atoms with van der Waals surface area (Å²) in [6, 6.07) is 25.0. The van der Waals surface area contributed by atoms with Gasteiger partial charge in [0, 0.05) is 31.4 Å². The Morgan fingerprint density at radius 1 is 0.971 bits per heavy atom. The zero-order valence-corrected chi connectivity index (χ0v) is 19.3. The maximum atomic E-state index is 13.6. The van der Waals surface area contributed by atoms with Gasteiger partial charge >= 0.3 is 0 Å². The number of aromatic nitrogens is 2. The highest BCUT2D eigenvalue weighted by atomic mass is 16.2. The first-order valence-electron chi connectivity index (χ1n) is 11.8. The van der Waals surface area contributed by atoms with Crippen molar-refractivity contribution in [3.63, 3.8) is 0 Å². The zero-order chi connectivity index (χ0) is 23.5. The van der Waals surface area contributed by atoms with Crippen LogP contribution in [-0.4, -0.2) is 44.1 Å². The molecule has 0 unspecified atom stereocenters. The van der Waals surface area contributed by atoms with E-state index in [1.54, 1.807) is 0 Å². The van der Waals surface area contributed by atoms with Gasteiger partial charge in [-0.15, -0.1) is 0 Å². The van der Waals surface area contributed by atoms with E-state index < -0.39 is 0 Å². The number of imidazole rings is 1. The number of amides is 2. The zero-order valence-electron chi connectivity index (χ0n) is 19.3. The van der Waals surface area contributed by atoms with Gasteiger partial charge in [-0.1, -0.05) is 54.6 Å². The molecule has 0 bridgehead atoms. The monoisotopic (exact) mass is 452 g/mol. The lowest BCUT2D eigenvalue weighted by Gasteiger charge is -2.24. The number of hydrogen-bond acceptors (Lipinski definition) is 3. The first-order chi connectivity index (χ1) is 16.7. The van der Waals surface area contributed by atoms with E-state index in [1.807, 2.05) is 106 Å². The van der Waals surface area contributed by atoms with Gasteiger partial charge in [0.15, 0.2) is 5.69 Å². The summed E-state index contributed by atoms with van der Waals surface area (Å²) in [7, 11) is 0. The molecule has 2 amide bonds. The molecule has 3 heterocycles. The third kappa shape index (κ3) is 4.07. The van der Waals surface area contributed by atoms with Crippen LogP contribution >= 0.6 is 0 Å². The summed E-state index contributed by atoms with van der Waals surface area (Å²) in [6.45, 7) is 3.77. The van der Waals surface area contributed by atoms with Crippen LogP contribution in [-0.2, 0) is 6.54 Å². The van der Waals surface area contributed by atoms with Gasteiger partial charge in [-0.2, -0.15) is 0 Å². The van der Waals surface area contributed by atoms with Crippen LogP contribution in [0.2, 0.25) is 0 Å². The lowest BCUT2D eigenvalue weighted by atomic mass is 10.1. The van der Waals surface area contributed by atoms with E-state index in [0.717, 1.165) is 29.7 Å². The predicted octanol–water partition coefficient (Wildman–Crippen LogP) is 4.97. The molecule has 2 aromatic carbocycles. The van der Waals surface area contributed by atoms with Gasteiger partial charge in [0.1, 0.15) is 5.82 Å². The first-order valence-corrected chi connectivity index (χ1v) is 11.8. The quantitative estimate of drug-likeness (QED) is 0.415. The third-order valence-electron chi connectivity index (χ3n) is 6.50. The fourth-order valence-electron chi connectivity index (χ4n) is 4.76. The minimum Gasteiger partial charge on any atom is -0.333 e. The van der Waals surface area contributed by atoms with Crippen LogP contribution < -0.4 is 0 Å². The second-order valence-corrected chi connectivity index (χ2v) is 8.60. The molecule has 1 saturated heterocycles. The molecule has 5 rings (SSSR count). The molecule has 0 radical (unpaired) electrons. The van der Waals surface area contributed by atoms with Crippen LogP contribution in [0.5, 0.6) is 0 Å². The van der Waals surface area contributed by atoms with Crippen molar-refractivity contribution < 1.29 is 9.59 Å². The number of pyridine rings is 1. The molecule has 0 spiro atoms. The van der Waals surface area contributed by atoms with Crippen molar-refractivity contribution in [1.82, 2.24) is 19.2 Å². The maximum Gasteiger partial charge on any atom is 0.275 e. The summed E-state index contributed by atoms with van der Waals surface area (Å²) >= 11 is 0. The number of hydrogen-bond donors (Lipinski definition) is 0. The Morgan fingerprint density at radius 2 is 1.68 bits per heavy atom. The second-order valence-electron chi connectivity index (χ2n) is 8.60. The number of fused-ring (bicyclic) bond motifs is 1. The van der Waals surface area contributed by atoms with Gasteiger partial charge in [-0.05, 0) is 49.6 Å². The number of benzene rings is 2. The number of carbonyl (C=O) groups is 2. The molecular formula is C28H28N4O2. The van der Waals surface area contributed by atoms with E-state index in [-0.39, 0.29) is 17.9 Å². The van der Waals surface area contributed by atoms with E-state index >= 15 is 0 Å². The highest BCUT2D eigenvalue weighted by Crippen LogP contribution is 2.34. The highest BCUT2D eigenvalue weighted by Gasteiger charge is 2.35. The predicted molar refractivity (Wildman–Crippen MR) is 132 cm³/mol. The Bertz CT molecular complexity index is 1300.